The van der Waals surface area contributed by atoms with E-state index >= 15 is 0 Å². The van der Waals surface area contributed by atoms with Crippen molar-refractivity contribution >= 4 is 23.7 Å². The van der Waals surface area contributed by atoms with Crippen molar-refractivity contribution in [3.63, 3.8) is 0 Å². The summed E-state index contributed by atoms with van der Waals surface area (Å²) < 4.78 is 10.5. The first-order chi connectivity index (χ1) is 16.3. The number of amides is 3. The fourth-order valence-electron chi connectivity index (χ4n) is 3.52. The predicted molar refractivity (Wildman–Crippen MR) is 126 cm³/mol. The van der Waals surface area contributed by atoms with Gasteiger partial charge in [0.2, 0.25) is 17.7 Å². The zero-order chi connectivity index (χ0) is 24.9. The van der Waals surface area contributed by atoms with Crippen molar-refractivity contribution in [2.75, 3.05) is 20.3 Å². The first kappa shape index (κ1) is 26.8. The summed E-state index contributed by atoms with van der Waals surface area (Å²) >= 11 is 0. The van der Waals surface area contributed by atoms with Gasteiger partial charge in [-0.15, -0.1) is 0 Å². The quantitative estimate of drug-likeness (QED) is 0.264. The normalized spacial score (nSPS) is 21.6. The van der Waals surface area contributed by atoms with Crippen molar-refractivity contribution in [2.24, 2.45) is 5.73 Å². The number of rotatable bonds is 6. The lowest BCUT2D eigenvalue weighted by molar-refractivity contribution is -0.145. The molecule has 0 saturated carbocycles. The maximum Gasteiger partial charge on any atom is 0.328 e. The number of esters is 1. The number of benzene rings is 1. The summed E-state index contributed by atoms with van der Waals surface area (Å²) in [6, 6.07) is 4.47. The lowest BCUT2D eigenvalue weighted by Crippen LogP contribution is -2.56. The molecule has 34 heavy (non-hydrogen) atoms. The number of ether oxygens (including phenoxy) is 2. The highest BCUT2D eigenvalue weighted by molar-refractivity contribution is 5.93. The van der Waals surface area contributed by atoms with Crippen LogP contribution >= 0.6 is 0 Å². The minimum absolute atomic E-state index is 0.193. The van der Waals surface area contributed by atoms with E-state index in [0.29, 0.717) is 31.6 Å². The summed E-state index contributed by atoms with van der Waals surface area (Å²) in [5.41, 5.74) is 6.39. The standard InChI is InChI=1S/C24H34N4O6/c1-16(29)26-21-15-17-9-11-18(12-10-17)34-14-6-4-8-20(24(32)33-2)28-22(30)19(27-23(21)31)7-3-5-13-25/h4,6,9-12,19-21H,3,5,7-8,13-15,25H2,1-2H3,(H,26,29)(H,27,31)(H,28,30)/t19-,20?,21-/m0/s1. The number of carbonyl (C=O) groups is 4. The van der Waals surface area contributed by atoms with Gasteiger partial charge in [-0.1, -0.05) is 24.3 Å². The van der Waals surface area contributed by atoms with E-state index in [0.717, 1.165) is 5.56 Å². The third-order valence-electron chi connectivity index (χ3n) is 5.32. The number of carbonyl (C=O) groups excluding carboxylic acids is 4. The van der Waals surface area contributed by atoms with Crippen LogP contribution in [0.2, 0.25) is 0 Å². The van der Waals surface area contributed by atoms with E-state index in [9.17, 15) is 19.2 Å². The van der Waals surface area contributed by atoms with Gasteiger partial charge in [-0.25, -0.2) is 4.79 Å². The van der Waals surface area contributed by atoms with Gasteiger partial charge in [-0.3, -0.25) is 14.4 Å². The molecule has 0 radical (unpaired) electrons. The maximum absolute atomic E-state index is 13.1. The van der Waals surface area contributed by atoms with E-state index in [-0.39, 0.29) is 25.4 Å². The minimum Gasteiger partial charge on any atom is -0.490 e. The molecule has 1 aromatic rings. The highest BCUT2D eigenvalue weighted by Crippen LogP contribution is 2.14. The minimum atomic E-state index is -0.927. The van der Waals surface area contributed by atoms with Crippen molar-refractivity contribution in [1.82, 2.24) is 16.0 Å². The fourth-order valence-corrected chi connectivity index (χ4v) is 3.52. The summed E-state index contributed by atoms with van der Waals surface area (Å²) in [4.78, 5) is 50.1. The molecule has 0 aliphatic carbocycles. The smallest absolute Gasteiger partial charge is 0.328 e. The molecule has 2 aliphatic rings. The number of nitrogens with two attached hydrogens (primary N) is 1. The van der Waals surface area contributed by atoms with Crippen LogP contribution < -0.4 is 26.4 Å². The zero-order valence-corrected chi connectivity index (χ0v) is 19.7. The summed E-state index contributed by atoms with van der Waals surface area (Å²) in [5.74, 6) is -1.35. The second-order valence-corrected chi connectivity index (χ2v) is 8.05. The Bertz CT molecular complexity index is 871. The summed E-state index contributed by atoms with van der Waals surface area (Å²) in [6.07, 6.45) is 5.50. The molecule has 2 heterocycles. The molecule has 10 heteroatoms. The molecule has 3 rings (SSSR count). The lowest BCUT2D eigenvalue weighted by atomic mass is 10.0. The van der Waals surface area contributed by atoms with Crippen LogP contribution in [-0.2, 0) is 30.3 Å². The first-order valence-electron chi connectivity index (χ1n) is 11.4. The number of methoxy groups -OCH3 is 1. The van der Waals surface area contributed by atoms with Crippen molar-refractivity contribution in [3.8, 4) is 5.75 Å². The molecule has 0 saturated heterocycles. The molecule has 10 nitrogen and oxygen atoms in total. The molecule has 3 atom stereocenters. The molecular formula is C24H34N4O6. The average molecular weight is 475 g/mol. The molecule has 5 N–H and O–H groups in total. The average Bonchev–Trinajstić information content (AvgIpc) is 2.81. The highest BCUT2D eigenvalue weighted by atomic mass is 16.5. The molecule has 1 unspecified atom stereocenters. The second-order valence-electron chi connectivity index (χ2n) is 8.05. The van der Waals surface area contributed by atoms with Crippen LogP contribution in [0.25, 0.3) is 0 Å². The van der Waals surface area contributed by atoms with Gasteiger partial charge in [-0.2, -0.15) is 0 Å². The number of fused-ring (bicyclic) bond motifs is 13. The van der Waals surface area contributed by atoms with E-state index in [2.05, 4.69) is 16.0 Å². The molecule has 186 valence electrons. The van der Waals surface area contributed by atoms with E-state index in [1.54, 1.807) is 24.3 Å². The van der Waals surface area contributed by atoms with E-state index < -0.39 is 35.9 Å². The van der Waals surface area contributed by atoms with Gasteiger partial charge < -0.3 is 31.2 Å². The van der Waals surface area contributed by atoms with Gasteiger partial charge >= 0.3 is 5.97 Å². The number of hydrogen-bond donors (Lipinski definition) is 4. The van der Waals surface area contributed by atoms with E-state index in [4.69, 9.17) is 15.2 Å². The van der Waals surface area contributed by atoms with Gasteiger partial charge in [0.05, 0.1) is 7.11 Å². The number of hydrogen-bond acceptors (Lipinski definition) is 7. The highest BCUT2D eigenvalue weighted by Gasteiger charge is 2.29. The van der Waals surface area contributed by atoms with Gasteiger partial charge in [0.25, 0.3) is 0 Å². The van der Waals surface area contributed by atoms with Gasteiger partial charge in [0.15, 0.2) is 0 Å². The third kappa shape index (κ3) is 8.86. The van der Waals surface area contributed by atoms with Gasteiger partial charge in [0.1, 0.15) is 30.5 Å². The molecule has 3 amide bonds. The fraction of sp³-hybridized carbons (Fsp3) is 0.500. The molecule has 1 aromatic carbocycles. The topological polar surface area (TPSA) is 149 Å². The van der Waals surface area contributed by atoms with Crippen LogP contribution in [0.1, 0.15) is 38.2 Å². The van der Waals surface area contributed by atoms with Crippen LogP contribution in [0.4, 0.5) is 0 Å². The molecule has 2 bridgehead atoms. The van der Waals surface area contributed by atoms with Crippen molar-refractivity contribution in [3.05, 3.63) is 42.0 Å². The Morgan fingerprint density at radius 3 is 2.50 bits per heavy atom. The lowest BCUT2D eigenvalue weighted by Gasteiger charge is -2.24. The number of nitrogens with one attached hydrogen (secondary N) is 3. The first-order valence-corrected chi connectivity index (χ1v) is 11.4. The molecule has 0 aromatic heterocycles. The SMILES string of the molecule is COC(=O)C1CC=CCOc2ccc(cc2)C[C@H](NC(C)=O)C(=O)N[C@@H](CCCCN)C(=O)N1. The largest absolute Gasteiger partial charge is 0.490 e. The zero-order valence-electron chi connectivity index (χ0n) is 19.7. The van der Waals surface area contributed by atoms with Gasteiger partial charge in [0, 0.05) is 13.3 Å². The Hall–Kier alpha value is -3.40. The van der Waals surface area contributed by atoms with Crippen LogP contribution in [0, 0.1) is 0 Å². The van der Waals surface area contributed by atoms with Crippen LogP contribution in [-0.4, -0.2) is 62.1 Å². The van der Waals surface area contributed by atoms with Crippen LogP contribution in [0.15, 0.2) is 36.4 Å². The van der Waals surface area contributed by atoms with Crippen LogP contribution in [0.5, 0.6) is 5.75 Å². The monoisotopic (exact) mass is 474 g/mol. The number of unbranched alkanes of at least 4 members (excludes halogenated alkanes) is 1. The van der Waals surface area contributed by atoms with Gasteiger partial charge in [-0.05, 0) is 49.9 Å². The van der Waals surface area contributed by atoms with Crippen molar-refractivity contribution in [2.45, 2.75) is 57.2 Å². The van der Waals surface area contributed by atoms with E-state index in [1.165, 1.54) is 14.0 Å². The summed E-state index contributed by atoms with van der Waals surface area (Å²) in [7, 11) is 1.24. The van der Waals surface area contributed by atoms with Crippen LogP contribution in [0.3, 0.4) is 0 Å². The Labute approximate surface area is 199 Å². The summed E-state index contributed by atoms with van der Waals surface area (Å²) in [6.45, 7) is 2.05. The second kappa shape index (κ2) is 14.0. The maximum atomic E-state index is 13.1. The van der Waals surface area contributed by atoms with E-state index in [1.807, 2.05) is 12.1 Å². The molecule has 0 fully saturated rings. The third-order valence-corrected chi connectivity index (χ3v) is 5.32. The summed E-state index contributed by atoms with van der Waals surface area (Å²) in [5, 5.41) is 8.06. The Morgan fingerprint density at radius 1 is 1.12 bits per heavy atom. The Kier molecular flexibility index (Phi) is 11.0. The molecular weight excluding hydrogens is 440 g/mol. The predicted octanol–water partition coefficient (Wildman–Crippen LogP) is 0.344. The Balaban J connectivity index is 2.34. The Morgan fingerprint density at radius 2 is 1.85 bits per heavy atom. The molecule has 2 aliphatic heterocycles. The molecule has 0 spiro atoms. The van der Waals surface area contributed by atoms with Crippen molar-refractivity contribution in [1.29, 1.82) is 0 Å². The van der Waals surface area contributed by atoms with Crippen molar-refractivity contribution < 1.29 is 28.7 Å².